The second kappa shape index (κ2) is 4.14. The zero-order valence-electron chi connectivity index (χ0n) is 9.96. The molecule has 0 unspecified atom stereocenters. The molecule has 90 valence electrons. The van der Waals surface area contributed by atoms with Gasteiger partial charge in [0.2, 0.25) is 5.91 Å². The van der Waals surface area contributed by atoms with Crippen molar-refractivity contribution < 1.29 is 9.53 Å². The first-order valence-electron chi connectivity index (χ1n) is 5.70. The molecular formula is C14H12N2O2. The lowest BCUT2D eigenvalue weighted by molar-refractivity contribution is -0.116. The van der Waals surface area contributed by atoms with Crippen LogP contribution < -0.4 is 9.64 Å². The number of carbonyl (C=O) groups excluding carboxylic acids is 1. The highest BCUT2D eigenvalue weighted by molar-refractivity contribution is 6.06. The van der Waals surface area contributed by atoms with Crippen LogP contribution in [0.15, 0.2) is 42.6 Å². The number of nitrogens with zero attached hydrogens (tertiary/aromatic N) is 2. The largest absolute Gasteiger partial charge is 0.495 e. The van der Waals surface area contributed by atoms with Crippen molar-refractivity contribution in [2.45, 2.75) is 6.42 Å². The van der Waals surface area contributed by atoms with Crippen molar-refractivity contribution in [3.63, 3.8) is 0 Å². The molecule has 18 heavy (non-hydrogen) atoms. The van der Waals surface area contributed by atoms with Crippen LogP contribution in [0, 0.1) is 0 Å². The maximum atomic E-state index is 12.1. The van der Waals surface area contributed by atoms with Gasteiger partial charge in [0, 0.05) is 5.56 Å². The molecule has 4 heteroatoms. The maximum absolute atomic E-state index is 12.1. The zero-order valence-corrected chi connectivity index (χ0v) is 9.96. The molecular weight excluding hydrogens is 228 g/mol. The lowest BCUT2D eigenvalue weighted by atomic mass is 10.2. The first-order valence-corrected chi connectivity index (χ1v) is 5.70. The monoisotopic (exact) mass is 240 g/mol. The lowest BCUT2D eigenvalue weighted by Crippen LogP contribution is -2.21. The van der Waals surface area contributed by atoms with Crippen LogP contribution >= 0.6 is 0 Å². The molecule has 0 atom stereocenters. The summed E-state index contributed by atoms with van der Waals surface area (Å²) in [5.41, 5.74) is 1.75. The minimum absolute atomic E-state index is 0.0388. The first-order chi connectivity index (χ1) is 8.79. The van der Waals surface area contributed by atoms with Gasteiger partial charge in [-0.2, -0.15) is 0 Å². The van der Waals surface area contributed by atoms with Gasteiger partial charge in [-0.3, -0.25) is 9.69 Å². The van der Waals surface area contributed by atoms with Crippen LogP contribution in [-0.4, -0.2) is 18.0 Å². The Labute approximate surface area is 105 Å². The van der Waals surface area contributed by atoms with E-state index in [9.17, 15) is 4.79 Å². The summed E-state index contributed by atoms with van der Waals surface area (Å²) in [6.07, 6.45) is 2.00. The van der Waals surface area contributed by atoms with E-state index < -0.39 is 0 Å². The number of methoxy groups -OCH3 is 1. The Morgan fingerprint density at radius 1 is 1.28 bits per heavy atom. The fourth-order valence-electron chi connectivity index (χ4n) is 2.13. The summed E-state index contributed by atoms with van der Waals surface area (Å²) in [5, 5.41) is 0. The van der Waals surface area contributed by atoms with Crippen molar-refractivity contribution in [3.8, 4) is 5.75 Å². The quantitative estimate of drug-likeness (QED) is 0.809. The fraction of sp³-hybridized carbons (Fsp3) is 0.143. The molecule has 2 heterocycles. The van der Waals surface area contributed by atoms with Gasteiger partial charge in [0.1, 0.15) is 11.6 Å². The minimum atomic E-state index is 0.0388. The molecule has 1 aliphatic heterocycles. The number of fused-ring (bicyclic) bond motifs is 1. The third-order valence-corrected chi connectivity index (χ3v) is 2.97. The molecule has 0 aliphatic carbocycles. The molecule has 1 amide bonds. The number of hydrogen-bond acceptors (Lipinski definition) is 3. The van der Waals surface area contributed by atoms with Gasteiger partial charge in [0.25, 0.3) is 0 Å². The molecule has 0 saturated carbocycles. The van der Waals surface area contributed by atoms with Gasteiger partial charge in [-0.25, -0.2) is 4.98 Å². The van der Waals surface area contributed by atoms with Crippen LogP contribution in [0.2, 0.25) is 0 Å². The predicted octanol–water partition coefficient (Wildman–Crippen LogP) is 2.31. The van der Waals surface area contributed by atoms with Gasteiger partial charge >= 0.3 is 0 Å². The molecule has 0 saturated heterocycles. The summed E-state index contributed by atoms with van der Waals surface area (Å²) in [6.45, 7) is 0. The topological polar surface area (TPSA) is 42.4 Å². The van der Waals surface area contributed by atoms with Crippen LogP contribution in [0.4, 0.5) is 11.5 Å². The third kappa shape index (κ3) is 1.62. The van der Waals surface area contributed by atoms with Gasteiger partial charge in [-0.15, -0.1) is 0 Å². The predicted molar refractivity (Wildman–Crippen MR) is 68.1 cm³/mol. The molecule has 1 aliphatic rings. The normalized spacial score (nSPS) is 13.6. The van der Waals surface area contributed by atoms with Crippen molar-refractivity contribution in [3.05, 3.63) is 48.2 Å². The second-order valence-corrected chi connectivity index (χ2v) is 4.10. The lowest BCUT2D eigenvalue weighted by Gasteiger charge is -2.16. The number of pyridine rings is 1. The van der Waals surface area contributed by atoms with Crippen LogP contribution in [0.5, 0.6) is 5.75 Å². The molecule has 1 aromatic carbocycles. The van der Waals surface area contributed by atoms with Crippen LogP contribution in [0.1, 0.15) is 5.56 Å². The summed E-state index contributed by atoms with van der Waals surface area (Å²) in [7, 11) is 1.59. The van der Waals surface area contributed by atoms with Crippen molar-refractivity contribution in [2.75, 3.05) is 12.0 Å². The van der Waals surface area contributed by atoms with Crippen molar-refractivity contribution in [1.82, 2.24) is 4.98 Å². The van der Waals surface area contributed by atoms with E-state index >= 15 is 0 Å². The highest BCUT2D eigenvalue weighted by atomic mass is 16.5. The highest BCUT2D eigenvalue weighted by Crippen LogP contribution is 2.34. The number of ether oxygens (including phenoxy) is 1. The van der Waals surface area contributed by atoms with Gasteiger partial charge in [-0.1, -0.05) is 18.2 Å². The van der Waals surface area contributed by atoms with Crippen LogP contribution in [0.3, 0.4) is 0 Å². The Balaban J connectivity index is 2.07. The molecule has 2 aromatic rings. The number of anilines is 2. The summed E-state index contributed by atoms with van der Waals surface area (Å²) in [4.78, 5) is 18.0. The van der Waals surface area contributed by atoms with E-state index in [4.69, 9.17) is 4.74 Å². The summed E-state index contributed by atoms with van der Waals surface area (Å²) >= 11 is 0. The molecule has 0 N–H and O–H groups in total. The fourth-order valence-corrected chi connectivity index (χ4v) is 2.13. The molecule has 0 spiro atoms. The molecule has 1 aromatic heterocycles. The van der Waals surface area contributed by atoms with Gasteiger partial charge in [0.15, 0.2) is 0 Å². The Kier molecular flexibility index (Phi) is 2.48. The number of para-hydroxylation sites is 1. The standard InChI is InChI=1S/C14H12N2O2/c1-18-12-7-10-8-13(17)16(14(10)15-9-12)11-5-3-2-4-6-11/h2-7,9H,8H2,1H3. The summed E-state index contributed by atoms with van der Waals surface area (Å²) in [6, 6.07) is 11.4. The van der Waals surface area contributed by atoms with Gasteiger partial charge in [0.05, 0.1) is 25.4 Å². The average molecular weight is 240 g/mol. The first kappa shape index (κ1) is 10.8. The zero-order chi connectivity index (χ0) is 12.5. The van der Waals surface area contributed by atoms with Gasteiger partial charge < -0.3 is 4.74 Å². The average Bonchev–Trinajstić information content (AvgIpc) is 2.74. The van der Waals surface area contributed by atoms with E-state index in [-0.39, 0.29) is 5.91 Å². The SMILES string of the molecule is COc1cnc2c(c1)CC(=O)N2c1ccccc1. The van der Waals surface area contributed by atoms with E-state index in [0.29, 0.717) is 18.0 Å². The Morgan fingerprint density at radius 2 is 2.06 bits per heavy atom. The Hall–Kier alpha value is -2.36. The van der Waals surface area contributed by atoms with Crippen LogP contribution in [0.25, 0.3) is 0 Å². The summed E-state index contributed by atoms with van der Waals surface area (Å²) < 4.78 is 5.12. The molecule has 0 radical (unpaired) electrons. The van der Waals surface area contributed by atoms with Crippen molar-refractivity contribution >= 4 is 17.4 Å². The smallest absolute Gasteiger partial charge is 0.237 e. The van der Waals surface area contributed by atoms with Crippen molar-refractivity contribution in [2.24, 2.45) is 0 Å². The molecule has 4 nitrogen and oxygen atoms in total. The highest BCUT2D eigenvalue weighted by Gasteiger charge is 2.30. The van der Waals surface area contributed by atoms with E-state index in [1.807, 2.05) is 36.4 Å². The Morgan fingerprint density at radius 3 is 2.78 bits per heavy atom. The number of hydrogen-bond donors (Lipinski definition) is 0. The van der Waals surface area contributed by atoms with Gasteiger partial charge in [-0.05, 0) is 18.2 Å². The minimum Gasteiger partial charge on any atom is -0.495 e. The Bertz CT molecular complexity index is 596. The molecule has 0 fully saturated rings. The number of amides is 1. The number of carbonyl (C=O) groups is 1. The van der Waals surface area contributed by atoms with Crippen LogP contribution in [-0.2, 0) is 11.2 Å². The van der Waals surface area contributed by atoms with Crippen molar-refractivity contribution in [1.29, 1.82) is 0 Å². The van der Waals surface area contributed by atoms with E-state index in [1.165, 1.54) is 0 Å². The molecule has 0 bridgehead atoms. The third-order valence-electron chi connectivity index (χ3n) is 2.97. The number of aromatic nitrogens is 1. The number of benzene rings is 1. The maximum Gasteiger partial charge on any atom is 0.237 e. The summed E-state index contributed by atoms with van der Waals surface area (Å²) in [5.74, 6) is 1.42. The van der Waals surface area contributed by atoms with E-state index in [2.05, 4.69) is 4.98 Å². The van der Waals surface area contributed by atoms with E-state index in [1.54, 1.807) is 18.2 Å². The number of rotatable bonds is 2. The van der Waals surface area contributed by atoms with E-state index in [0.717, 1.165) is 11.3 Å². The molecule has 3 rings (SSSR count). The second-order valence-electron chi connectivity index (χ2n) is 4.10.